The average Bonchev–Trinajstić information content (AvgIpc) is 2.53. The molecule has 0 unspecified atom stereocenters. The molecule has 2 rings (SSSR count). The van der Waals surface area contributed by atoms with Crippen LogP contribution in [0.3, 0.4) is 0 Å². The predicted molar refractivity (Wildman–Crippen MR) is 89.0 cm³/mol. The van der Waals surface area contributed by atoms with E-state index >= 15 is 0 Å². The number of halogens is 1. The lowest BCUT2D eigenvalue weighted by Crippen LogP contribution is -2.32. The lowest BCUT2D eigenvalue weighted by Gasteiger charge is -2.24. The second-order valence-corrected chi connectivity index (χ2v) is 7.23. The minimum atomic E-state index is -3.86. The van der Waals surface area contributed by atoms with Crippen molar-refractivity contribution in [3.8, 4) is 0 Å². The molecule has 0 amide bonds. The van der Waals surface area contributed by atoms with Crippen LogP contribution in [0, 0.1) is 12.7 Å². The number of hydrogen-bond donors (Lipinski definition) is 1. The third kappa shape index (κ3) is 4.32. The van der Waals surface area contributed by atoms with Crippen molar-refractivity contribution in [2.45, 2.75) is 24.7 Å². The van der Waals surface area contributed by atoms with E-state index in [1.165, 1.54) is 36.4 Å². The zero-order valence-corrected chi connectivity index (χ0v) is 14.0. The molecule has 0 bridgehead atoms. The van der Waals surface area contributed by atoms with Crippen LogP contribution in [-0.4, -0.2) is 26.0 Å². The van der Waals surface area contributed by atoms with E-state index in [-0.39, 0.29) is 24.3 Å². The van der Waals surface area contributed by atoms with Gasteiger partial charge in [0.2, 0.25) is 0 Å². The third-order valence-corrected chi connectivity index (χ3v) is 5.32. The summed E-state index contributed by atoms with van der Waals surface area (Å²) in [6.07, 6.45) is -0.00108. The zero-order valence-electron chi connectivity index (χ0n) is 13.1. The van der Waals surface area contributed by atoms with E-state index in [9.17, 15) is 17.6 Å². The molecule has 1 N–H and O–H groups in total. The van der Waals surface area contributed by atoms with Crippen LogP contribution in [0.15, 0.2) is 53.4 Å². The molecule has 2 aromatic rings. The maximum Gasteiger partial charge on any atom is 0.303 e. The van der Waals surface area contributed by atoms with E-state index in [0.717, 1.165) is 9.87 Å². The van der Waals surface area contributed by atoms with Gasteiger partial charge >= 0.3 is 5.97 Å². The molecule has 0 saturated carbocycles. The zero-order chi connectivity index (χ0) is 17.7. The Morgan fingerprint density at radius 1 is 1.08 bits per heavy atom. The van der Waals surface area contributed by atoms with Crippen molar-refractivity contribution < 1.29 is 22.7 Å². The van der Waals surface area contributed by atoms with Crippen LogP contribution < -0.4 is 4.31 Å². The standard InChI is InChI=1S/C17H18FNO4S/c1-13-4-10-16(11-5-13)24(22,23)19(12-2-3-17(20)21)15-8-6-14(18)7-9-15/h4-11H,2-3,12H2,1H3,(H,20,21). The number of nitrogens with zero attached hydrogens (tertiary/aromatic N) is 1. The van der Waals surface area contributed by atoms with Gasteiger partial charge in [-0.05, 0) is 49.7 Å². The van der Waals surface area contributed by atoms with Gasteiger partial charge in [-0.2, -0.15) is 0 Å². The molecular weight excluding hydrogens is 333 g/mol. The molecule has 0 saturated heterocycles. The summed E-state index contributed by atoms with van der Waals surface area (Å²) in [6.45, 7) is 1.84. The average molecular weight is 351 g/mol. The Hall–Kier alpha value is -2.41. The number of carboxylic acid groups (broad SMARTS) is 1. The van der Waals surface area contributed by atoms with Gasteiger partial charge in [-0.15, -0.1) is 0 Å². The van der Waals surface area contributed by atoms with E-state index in [1.54, 1.807) is 12.1 Å². The van der Waals surface area contributed by atoms with Crippen LogP contribution >= 0.6 is 0 Å². The van der Waals surface area contributed by atoms with Gasteiger partial charge < -0.3 is 5.11 Å². The van der Waals surface area contributed by atoms with Crippen molar-refractivity contribution in [2.24, 2.45) is 0 Å². The molecular formula is C17H18FNO4S. The first-order valence-electron chi connectivity index (χ1n) is 7.37. The predicted octanol–water partition coefficient (Wildman–Crippen LogP) is 3.19. The number of hydrogen-bond acceptors (Lipinski definition) is 3. The van der Waals surface area contributed by atoms with Gasteiger partial charge in [-0.1, -0.05) is 17.7 Å². The SMILES string of the molecule is Cc1ccc(S(=O)(=O)N(CCCC(=O)O)c2ccc(F)cc2)cc1. The van der Waals surface area contributed by atoms with Gasteiger partial charge in [-0.3, -0.25) is 9.10 Å². The highest BCUT2D eigenvalue weighted by atomic mass is 32.2. The van der Waals surface area contributed by atoms with Crippen molar-refractivity contribution in [1.82, 2.24) is 0 Å². The minimum Gasteiger partial charge on any atom is -0.481 e. The smallest absolute Gasteiger partial charge is 0.303 e. The number of rotatable bonds is 7. The van der Waals surface area contributed by atoms with E-state index in [4.69, 9.17) is 5.11 Å². The molecule has 128 valence electrons. The highest BCUT2D eigenvalue weighted by Gasteiger charge is 2.24. The Balaban J connectivity index is 2.38. The number of carboxylic acids is 1. The van der Waals surface area contributed by atoms with E-state index in [0.29, 0.717) is 5.69 Å². The molecule has 24 heavy (non-hydrogen) atoms. The first kappa shape index (κ1) is 17.9. The second kappa shape index (κ2) is 7.44. The van der Waals surface area contributed by atoms with E-state index in [1.807, 2.05) is 6.92 Å². The lowest BCUT2D eigenvalue weighted by atomic mass is 10.2. The number of aliphatic carboxylic acids is 1. The number of anilines is 1. The Bertz CT molecular complexity index is 801. The fourth-order valence-electron chi connectivity index (χ4n) is 2.21. The molecule has 0 fully saturated rings. The summed E-state index contributed by atoms with van der Waals surface area (Å²) < 4.78 is 40.0. The topological polar surface area (TPSA) is 74.7 Å². The maximum absolute atomic E-state index is 13.1. The van der Waals surface area contributed by atoms with Gasteiger partial charge in [0.25, 0.3) is 10.0 Å². The third-order valence-electron chi connectivity index (χ3n) is 3.48. The largest absolute Gasteiger partial charge is 0.481 e. The van der Waals surface area contributed by atoms with Gasteiger partial charge in [0.1, 0.15) is 5.82 Å². The molecule has 7 heteroatoms. The minimum absolute atomic E-state index is 0.00581. The Kier molecular flexibility index (Phi) is 5.56. The fourth-order valence-corrected chi connectivity index (χ4v) is 3.71. The van der Waals surface area contributed by atoms with Crippen LogP contribution in [0.1, 0.15) is 18.4 Å². The molecule has 0 radical (unpaired) electrons. The van der Waals surface area contributed by atoms with Crippen LogP contribution in [0.25, 0.3) is 0 Å². The number of benzene rings is 2. The highest BCUT2D eigenvalue weighted by Crippen LogP contribution is 2.24. The van der Waals surface area contributed by atoms with Crippen molar-refractivity contribution in [3.63, 3.8) is 0 Å². The summed E-state index contributed by atoms with van der Waals surface area (Å²) >= 11 is 0. The van der Waals surface area contributed by atoms with Crippen molar-refractivity contribution in [2.75, 3.05) is 10.8 Å². The molecule has 0 atom stereocenters. The van der Waals surface area contributed by atoms with Crippen LogP contribution in [0.2, 0.25) is 0 Å². The Labute approximate surface area is 140 Å². The monoisotopic (exact) mass is 351 g/mol. The first-order valence-corrected chi connectivity index (χ1v) is 8.81. The maximum atomic E-state index is 13.1. The summed E-state index contributed by atoms with van der Waals surface area (Å²) in [4.78, 5) is 10.8. The van der Waals surface area contributed by atoms with Gasteiger partial charge in [0, 0.05) is 13.0 Å². The Morgan fingerprint density at radius 3 is 2.21 bits per heavy atom. The molecule has 0 aromatic heterocycles. The summed E-state index contributed by atoms with van der Waals surface area (Å²) in [6, 6.07) is 11.4. The number of carbonyl (C=O) groups is 1. The molecule has 0 aliphatic rings. The molecule has 5 nitrogen and oxygen atoms in total. The fraction of sp³-hybridized carbons (Fsp3) is 0.235. The molecule has 0 spiro atoms. The molecule has 0 aliphatic carbocycles. The lowest BCUT2D eigenvalue weighted by molar-refractivity contribution is -0.137. The molecule has 0 heterocycles. The number of sulfonamides is 1. The van der Waals surface area contributed by atoms with Crippen LogP contribution in [-0.2, 0) is 14.8 Å². The van der Waals surface area contributed by atoms with E-state index in [2.05, 4.69) is 0 Å². The normalized spacial score (nSPS) is 11.2. The van der Waals surface area contributed by atoms with Crippen molar-refractivity contribution >= 4 is 21.7 Å². The molecule has 0 aliphatic heterocycles. The summed E-state index contributed by atoms with van der Waals surface area (Å²) in [5.74, 6) is -1.47. The summed E-state index contributed by atoms with van der Waals surface area (Å²) in [5, 5.41) is 8.77. The first-order chi connectivity index (χ1) is 11.3. The van der Waals surface area contributed by atoms with Crippen LogP contribution in [0.4, 0.5) is 10.1 Å². The van der Waals surface area contributed by atoms with Gasteiger partial charge in [0.15, 0.2) is 0 Å². The van der Waals surface area contributed by atoms with Crippen LogP contribution in [0.5, 0.6) is 0 Å². The van der Waals surface area contributed by atoms with Gasteiger partial charge in [0.05, 0.1) is 10.6 Å². The Morgan fingerprint density at radius 2 is 1.67 bits per heavy atom. The second-order valence-electron chi connectivity index (χ2n) is 5.36. The number of aryl methyl sites for hydroxylation is 1. The highest BCUT2D eigenvalue weighted by molar-refractivity contribution is 7.92. The summed E-state index contributed by atoms with van der Waals surface area (Å²) in [5.41, 5.74) is 1.22. The quantitative estimate of drug-likeness (QED) is 0.831. The van der Waals surface area contributed by atoms with Crippen molar-refractivity contribution in [3.05, 3.63) is 59.9 Å². The molecule has 2 aromatic carbocycles. The van der Waals surface area contributed by atoms with Gasteiger partial charge in [-0.25, -0.2) is 12.8 Å². The summed E-state index contributed by atoms with van der Waals surface area (Å²) in [7, 11) is -3.86. The van der Waals surface area contributed by atoms with Crippen molar-refractivity contribution in [1.29, 1.82) is 0 Å². The van der Waals surface area contributed by atoms with E-state index < -0.39 is 21.8 Å².